The molecule has 19 heavy (non-hydrogen) atoms. The number of rotatable bonds is 7. The molecule has 1 rings (SSSR count). The van der Waals surface area contributed by atoms with Gasteiger partial charge in [-0.05, 0) is 17.8 Å². The highest BCUT2D eigenvalue weighted by Crippen LogP contribution is 2.21. The average Bonchev–Trinajstić information content (AvgIpc) is 2.37. The number of hydrogen-bond donors (Lipinski definition) is 3. The quantitative estimate of drug-likeness (QED) is 0.522. The zero-order valence-electron chi connectivity index (χ0n) is 12.7. The van der Waals surface area contributed by atoms with Crippen molar-refractivity contribution in [1.82, 2.24) is 9.97 Å². The van der Waals surface area contributed by atoms with Crippen molar-refractivity contribution in [3.63, 3.8) is 0 Å². The molecule has 0 atom stereocenters. The SMILES string of the molecule is CCc1nc(NN)cc(NCC(C(C)C)C(C)C)n1. The van der Waals surface area contributed by atoms with Crippen LogP contribution in [0.3, 0.4) is 0 Å². The normalized spacial score (nSPS) is 11.4. The Kier molecular flexibility index (Phi) is 6.02. The maximum Gasteiger partial charge on any atom is 0.145 e. The fourth-order valence-corrected chi connectivity index (χ4v) is 2.28. The third-order valence-electron chi connectivity index (χ3n) is 3.47. The predicted molar refractivity (Wildman–Crippen MR) is 80.9 cm³/mol. The van der Waals surface area contributed by atoms with Crippen LogP contribution in [0.5, 0.6) is 0 Å². The van der Waals surface area contributed by atoms with Gasteiger partial charge in [0.1, 0.15) is 17.5 Å². The minimum Gasteiger partial charge on any atom is -0.370 e. The van der Waals surface area contributed by atoms with Gasteiger partial charge in [-0.15, -0.1) is 0 Å². The Morgan fingerprint density at radius 1 is 1.11 bits per heavy atom. The number of nitrogens with two attached hydrogens (primary N) is 1. The summed E-state index contributed by atoms with van der Waals surface area (Å²) in [4.78, 5) is 8.75. The first-order valence-corrected chi connectivity index (χ1v) is 7.06. The molecule has 108 valence electrons. The van der Waals surface area contributed by atoms with E-state index in [0.717, 1.165) is 24.6 Å². The predicted octanol–water partition coefficient (Wildman–Crippen LogP) is 2.66. The molecule has 0 saturated carbocycles. The monoisotopic (exact) mass is 265 g/mol. The molecule has 1 aromatic rings. The molecule has 1 aromatic heterocycles. The molecule has 0 bridgehead atoms. The molecule has 4 N–H and O–H groups in total. The van der Waals surface area contributed by atoms with Crippen LogP contribution in [0.15, 0.2) is 6.07 Å². The standard InChI is InChI=1S/C14H27N5/c1-6-12-17-13(7-14(18-12)19-15)16-8-11(9(2)3)10(4)5/h7,9-11H,6,8,15H2,1-5H3,(H2,16,17,18,19). The Labute approximate surface area is 116 Å². The number of aryl methyl sites for hydroxylation is 1. The lowest BCUT2D eigenvalue weighted by Crippen LogP contribution is -2.25. The third kappa shape index (κ3) is 4.67. The number of aromatic nitrogens is 2. The summed E-state index contributed by atoms with van der Waals surface area (Å²) in [6.45, 7) is 12.0. The summed E-state index contributed by atoms with van der Waals surface area (Å²) in [5.41, 5.74) is 2.58. The maximum atomic E-state index is 5.43. The smallest absolute Gasteiger partial charge is 0.145 e. The summed E-state index contributed by atoms with van der Waals surface area (Å²) >= 11 is 0. The fraction of sp³-hybridized carbons (Fsp3) is 0.714. The van der Waals surface area contributed by atoms with Crippen molar-refractivity contribution in [2.24, 2.45) is 23.6 Å². The van der Waals surface area contributed by atoms with Gasteiger partial charge in [0.2, 0.25) is 0 Å². The van der Waals surface area contributed by atoms with Crippen molar-refractivity contribution < 1.29 is 0 Å². The number of nitrogen functional groups attached to an aromatic ring is 1. The molecular formula is C14H27N5. The fourth-order valence-electron chi connectivity index (χ4n) is 2.28. The largest absolute Gasteiger partial charge is 0.370 e. The lowest BCUT2D eigenvalue weighted by molar-refractivity contribution is 0.304. The molecule has 0 spiro atoms. The van der Waals surface area contributed by atoms with Crippen molar-refractivity contribution in [2.75, 3.05) is 17.3 Å². The summed E-state index contributed by atoms with van der Waals surface area (Å²) in [6.07, 6.45) is 0.794. The van der Waals surface area contributed by atoms with Crippen LogP contribution in [-0.2, 0) is 6.42 Å². The summed E-state index contributed by atoms with van der Waals surface area (Å²) in [6, 6.07) is 1.84. The highest BCUT2D eigenvalue weighted by molar-refractivity contribution is 5.46. The van der Waals surface area contributed by atoms with Crippen LogP contribution >= 0.6 is 0 Å². The number of anilines is 2. The number of hydrazine groups is 1. The second-order valence-corrected chi connectivity index (χ2v) is 5.59. The lowest BCUT2D eigenvalue weighted by Gasteiger charge is -2.25. The van der Waals surface area contributed by atoms with E-state index < -0.39 is 0 Å². The number of nitrogens with one attached hydrogen (secondary N) is 2. The zero-order chi connectivity index (χ0) is 14.4. The van der Waals surface area contributed by atoms with Crippen LogP contribution in [0.25, 0.3) is 0 Å². The van der Waals surface area contributed by atoms with E-state index in [1.54, 1.807) is 0 Å². The molecule has 0 saturated heterocycles. The van der Waals surface area contributed by atoms with E-state index in [4.69, 9.17) is 5.84 Å². The minimum atomic E-state index is 0.620. The summed E-state index contributed by atoms with van der Waals surface area (Å²) in [5, 5.41) is 3.41. The van der Waals surface area contributed by atoms with Gasteiger partial charge in [-0.1, -0.05) is 34.6 Å². The Morgan fingerprint density at radius 3 is 2.16 bits per heavy atom. The first kappa shape index (κ1) is 15.7. The van der Waals surface area contributed by atoms with Crippen molar-refractivity contribution in [3.05, 3.63) is 11.9 Å². The van der Waals surface area contributed by atoms with Crippen molar-refractivity contribution in [3.8, 4) is 0 Å². The highest BCUT2D eigenvalue weighted by atomic mass is 15.3. The first-order valence-electron chi connectivity index (χ1n) is 7.06. The number of nitrogens with zero attached hydrogens (tertiary/aromatic N) is 2. The minimum absolute atomic E-state index is 0.620. The first-order chi connectivity index (χ1) is 8.97. The summed E-state index contributed by atoms with van der Waals surface area (Å²) in [5.74, 6) is 9.62. The van der Waals surface area contributed by atoms with E-state index in [-0.39, 0.29) is 0 Å². The lowest BCUT2D eigenvalue weighted by atomic mass is 9.85. The Hall–Kier alpha value is -1.36. The molecule has 5 heteroatoms. The summed E-state index contributed by atoms with van der Waals surface area (Å²) < 4.78 is 0. The Balaban J connectivity index is 2.76. The topological polar surface area (TPSA) is 75.9 Å². The van der Waals surface area contributed by atoms with Gasteiger partial charge in [0.15, 0.2) is 0 Å². The van der Waals surface area contributed by atoms with E-state index in [1.807, 2.05) is 13.0 Å². The van der Waals surface area contributed by atoms with E-state index >= 15 is 0 Å². The van der Waals surface area contributed by atoms with Crippen LogP contribution in [0, 0.1) is 17.8 Å². The van der Waals surface area contributed by atoms with Crippen molar-refractivity contribution in [2.45, 2.75) is 41.0 Å². The Morgan fingerprint density at radius 2 is 1.68 bits per heavy atom. The van der Waals surface area contributed by atoms with E-state index in [1.165, 1.54) is 0 Å². The molecule has 1 heterocycles. The van der Waals surface area contributed by atoms with Crippen LogP contribution in [0.1, 0.15) is 40.4 Å². The molecule has 0 fully saturated rings. The zero-order valence-corrected chi connectivity index (χ0v) is 12.7. The second kappa shape index (κ2) is 7.28. The van der Waals surface area contributed by atoms with Crippen LogP contribution in [0.2, 0.25) is 0 Å². The van der Waals surface area contributed by atoms with E-state index in [2.05, 4.69) is 48.4 Å². The summed E-state index contributed by atoms with van der Waals surface area (Å²) in [7, 11) is 0. The third-order valence-corrected chi connectivity index (χ3v) is 3.47. The molecule has 0 aliphatic carbocycles. The van der Waals surface area contributed by atoms with Gasteiger partial charge in [0.05, 0.1) is 0 Å². The molecule has 5 nitrogen and oxygen atoms in total. The van der Waals surface area contributed by atoms with Crippen molar-refractivity contribution in [1.29, 1.82) is 0 Å². The highest BCUT2D eigenvalue weighted by Gasteiger charge is 2.17. The molecule has 0 unspecified atom stereocenters. The second-order valence-electron chi connectivity index (χ2n) is 5.59. The van der Waals surface area contributed by atoms with Gasteiger partial charge in [-0.25, -0.2) is 15.8 Å². The van der Waals surface area contributed by atoms with Crippen LogP contribution in [-0.4, -0.2) is 16.5 Å². The van der Waals surface area contributed by atoms with Crippen molar-refractivity contribution >= 4 is 11.6 Å². The van der Waals surface area contributed by atoms with Gasteiger partial charge in [-0.2, -0.15) is 0 Å². The van der Waals surface area contributed by atoms with E-state index in [9.17, 15) is 0 Å². The number of hydrogen-bond acceptors (Lipinski definition) is 5. The van der Waals surface area contributed by atoms with Gasteiger partial charge in [0.25, 0.3) is 0 Å². The van der Waals surface area contributed by atoms with Crippen LogP contribution in [0.4, 0.5) is 11.6 Å². The molecular weight excluding hydrogens is 238 g/mol. The molecule has 0 aromatic carbocycles. The van der Waals surface area contributed by atoms with Gasteiger partial charge >= 0.3 is 0 Å². The van der Waals surface area contributed by atoms with Crippen LogP contribution < -0.4 is 16.6 Å². The van der Waals surface area contributed by atoms with Gasteiger partial charge in [-0.3, -0.25) is 0 Å². The molecule has 0 aliphatic heterocycles. The Bertz CT molecular complexity index is 359. The maximum absolute atomic E-state index is 5.43. The molecule has 0 aliphatic rings. The van der Waals surface area contributed by atoms with E-state index in [0.29, 0.717) is 23.6 Å². The molecule has 0 amide bonds. The van der Waals surface area contributed by atoms with Gasteiger partial charge in [0, 0.05) is 19.0 Å². The van der Waals surface area contributed by atoms with Gasteiger partial charge < -0.3 is 10.7 Å². The molecule has 0 radical (unpaired) electrons. The average molecular weight is 265 g/mol.